The number of hydrogen-bond donors (Lipinski definition) is 0. The summed E-state index contributed by atoms with van der Waals surface area (Å²) in [5, 5.41) is 15.5. The fraction of sp³-hybridized carbons (Fsp3) is 0.129. The van der Waals surface area contributed by atoms with Gasteiger partial charge in [-0.3, -0.25) is 0 Å². The van der Waals surface area contributed by atoms with Crippen LogP contribution in [0.25, 0.3) is 115 Å². The van der Waals surface area contributed by atoms with Gasteiger partial charge in [-0.2, -0.15) is 0 Å². The van der Waals surface area contributed by atoms with Crippen molar-refractivity contribution in [2.75, 3.05) is 0 Å². The van der Waals surface area contributed by atoms with Gasteiger partial charge in [-0.15, -0.1) is 0 Å². The van der Waals surface area contributed by atoms with Gasteiger partial charge < -0.3 is 13.5 Å². The summed E-state index contributed by atoms with van der Waals surface area (Å²) in [5.74, 6) is 0. The maximum atomic E-state index is 6.84. The van der Waals surface area contributed by atoms with Gasteiger partial charge in [0.05, 0.1) is 50.0 Å². The van der Waals surface area contributed by atoms with Crippen LogP contribution in [0.5, 0.6) is 0 Å². The Morgan fingerprint density at radius 2 is 0.761 bits per heavy atom. The molecule has 4 heterocycles. The van der Waals surface area contributed by atoms with Crippen LogP contribution < -0.4 is 0 Å². The second-order valence-corrected chi connectivity index (χ2v) is 21.3. The second kappa shape index (κ2) is 14.2. The minimum Gasteiger partial charge on any atom is -0.309 e. The molecule has 0 saturated heterocycles. The van der Waals surface area contributed by atoms with Crippen LogP contribution in [0.1, 0.15) is 52.7 Å². The molecular formula is C62H47Cl2N3. The number of fused-ring (bicyclic) bond motifs is 16. The predicted octanol–water partition coefficient (Wildman–Crippen LogP) is 18.4. The Morgan fingerprint density at radius 1 is 0.328 bits per heavy atom. The molecule has 13 rings (SSSR count). The monoisotopic (exact) mass is 903 g/mol. The van der Waals surface area contributed by atoms with E-state index in [2.05, 4.69) is 219 Å². The lowest BCUT2D eigenvalue weighted by Gasteiger charge is -2.19. The number of benzene rings is 9. The third kappa shape index (κ3) is 5.91. The van der Waals surface area contributed by atoms with E-state index >= 15 is 0 Å². The molecule has 324 valence electrons. The number of rotatable bonds is 2. The third-order valence-electron chi connectivity index (χ3n) is 14.4. The predicted molar refractivity (Wildman–Crippen MR) is 290 cm³/mol. The molecule has 0 amide bonds. The number of hydrogen-bond acceptors (Lipinski definition) is 0. The molecule has 0 aliphatic heterocycles. The van der Waals surface area contributed by atoms with E-state index in [1.165, 1.54) is 76.2 Å². The van der Waals surface area contributed by atoms with Gasteiger partial charge >= 0.3 is 0 Å². The van der Waals surface area contributed by atoms with E-state index in [4.69, 9.17) is 23.2 Å². The molecule has 67 heavy (non-hydrogen) atoms. The average molecular weight is 905 g/mol. The smallest absolute Gasteiger partial charge is 0.0620 e. The van der Waals surface area contributed by atoms with Crippen LogP contribution in [0.2, 0.25) is 10.0 Å². The molecule has 0 spiro atoms. The first-order chi connectivity index (χ1) is 32.3. The summed E-state index contributed by atoms with van der Waals surface area (Å²) in [6, 6.07) is 65.2. The molecule has 0 aliphatic rings. The molecule has 0 fully saturated rings. The van der Waals surface area contributed by atoms with Crippen molar-refractivity contribution in [2.24, 2.45) is 0 Å². The normalized spacial score (nSPS) is 12.8. The molecule has 4 aromatic heterocycles. The number of halogens is 2. The number of nitrogens with zero attached hydrogens (tertiary/aromatic N) is 3. The highest BCUT2D eigenvalue weighted by molar-refractivity contribution is 6.34. The van der Waals surface area contributed by atoms with Gasteiger partial charge in [-0.05, 0) is 122 Å². The Labute approximate surface area is 398 Å². The van der Waals surface area contributed by atoms with Gasteiger partial charge in [0.15, 0.2) is 0 Å². The fourth-order valence-corrected chi connectivity index (χ4v) is 11.5. The zero-order valence-corrected chi connectivity index (χ0v) is 39.9. The lowest BCUT2D eigenvalue weighted by Crippen LogP contribution is -2.10. The summed E-state index contributed by atoms with van der Waals surface area (Å²) in [4.78, 5) is 0. The van der Waals surface area contributed by atoms with Gasteiger partial charge in [0.1, 0.15) is 0 Å². The van der Waals surface area contributed by atoms with Crippen molar-refractivity contribution < 1.29 is 0 Å². The Morgan fingerprint density at radius 3 is 1.31 bits per heavy atom. The van der Waals surface area contributed by atoms with Crippen LogP contribution >= 0.6 is 23.2 Å². The molecule has 9 aromatic carbocycles. The summed E-state index contributed by atoms with van der Waals surface area (Å²) in [6.07, 6.45) is 0. The molecule has 0 aliphatic carbocycles. The lowest BCUT2D eigenvalue weighted by atomic mass is 9.85. The van der Waals surface area contributed by atoms with E-state index in [0.717, 1.165) is 49.6 Å². The van der Waals surface area contributed by atoms with Crippen LogP contribution in [0.4, 0.5) is 0 Å². The summed E-state index contributed by atoms with van der Waals surface area (Å²) in [7, 11) is 0. The van der Waals surface area contributed by atoms with Crippen LogP contribution in [-0.2, 0) is 10.8 Å². The molecule has 0 unspecified atom stereocenters. The molecule has 3 nitrogen and oxygen atoms in total. The van der Waals surface area contributed by atoms with E-state index in [0.29, 0.717) is 10.0 Å². The highest BCUT2D eigenvalue weighted by Gasteiger charge is 2.26. The summed E-state index contributed by atoms with van der Waals surface area (Å²) in [6.45, 7) is 13.8. The summed E-state index contributed by atoms with van der Waals surface area (Å²) < 4.78 is 7.52. The van der Waals surface area contributed by atoms with Crippen molar-refractivity contribution in [3.63, 3.8) is 0 Å². The third-order valence-corrected chi connectivity index (χ3v) is 14.9. The zero-order chi connectivity index (χ0) is 45.7. The Hall–Kier alpha value is -7.04. The van der Waals surface area contributed by atoms with Gasteiger partial charge in [0, 0.05) is 53.1 Å². The molecule has 5 heteroatoms. The second-order valence-electron chi connectivity index (χ2n) is 20.5. The maximum Gasteiger partial charge on any atom is 0.0620 e. The molecule has 0 N–H and O–H groups in total. The molecule has 0 atom stereocenters. The van der Waals surface area contributed by atoms with Crippen molar-refractivity contribution in [2.45, 2.75) is 52.4 Å². The SMILES string of the molecule is CC(C)(C)c1ccc2c(c1)c1cc(C(C)(C)C)ccc1n2-c1cc(-n2c3ccc(Cl)cc3c3cc(Cl)ccc32)c2c3cccc4c5ccccc5c5ccccc5c5ccccc5n(c2c1)c43. The fourth-order valence-electron chi connectivity index (χ4n) is 11.2. The van der Waals surface area contributed by atoms with E-state index in [1.54, 1.807) is 0 Å². The first-order valence-electron chi connectivity index (χ1n) is 23.2. The minimum absolute atomic E-state index is 0.0222. The van der Waals surface area contributed by atoms with Gasteiger partial charge in [0.25, 0.3) is 0 Å². The van der Waals surface area contributed by atoms with E-state index < -0.39 is 0 Å². The Kier molecular flexibility index (Phi) is 8.55. The highest BCUT2D eigenvalue weighted by atomic mass is 35.5. The highest BCUT2D eigenvalue weighted by Crippen LogP contribution is 2.46. The van der Waals surface area contributed by atoms with Crippen molar-refractivity contribution in [1.82, 2.24) is 13.5 Å². The number of aromatic nitrogens is 3. The lowest BCUT2D eigenvalue weighted by molar-refractivity contribution is 0.590. The number of para-hydroxylation sites is 2. The Balaban J connectivity index is 1.32. The van der Waals surface area contributed by atoms with Gasteiger partial charge in [-0.1, -0.05) is 162 Å². The van der Waals surface area contributed by atoms with E-state index in [9.17, 15) is 0 Å². The molecule has 0 saturated carbocycles. The molecule has 0 radical (unpaired) electrons. The zero-order valence-electron chi connectivity index (χ0n) is 38.3. The molecular weight excluding hydrogens is 858 g/mol. The topological polar surface area (TPSA) is 14.3 Å². The van der Waals surface area contributed by atoms with Crippen LogP contribution in [0.3, 0.4) is 0 Å². The van der Waals surface area contributed by atoms with Crippen LogP contribution in [-0.4, -0.2) is 13.5 Å². The van der Waals surface area contributed by atoms with Crippen molar-refractivity contribution in [3.05, 3.63) is 197 Å². The Bertz CT molecular complexity index is 4190. The summed E-state index contributed by atoms with van der Waals surface area (Å²) >= 11 is 13.7. The first kappa shape index (κ1) is 40.3. The van der Waals surface area contributed by atoms with Gasteiger partial charge in [0.2, 0.25) is 0 Å². The van der Waals surface area contributed by atoms with E-state index in [1.807, 2.05) is 12.1 Å². The molecule has 13 aromatic rings. The maximum absolute atomic E-state index is 6.84. The van der Waals surface area contributed by atoms with Gasteiger partial charge in [-0.25, -0.2) is 0 Å². The standard InChI is InChI=1S/C62H47Cl2N3/c1-61(2,3)36-22-26-53-48(30-36)49-31-37(62(4,5)6)23-27-54(49)65(53)40-34-57(66-55-28-24-38(63)32-50(55)51-33-39(64)25-29-56(51)66)59-47-20-13-19-46-44-17-10-8-15-42(44)41-14-7-9-16-43(41)45-18-11-12-21-52(45)67(60(46)47)58(59)35-40/h7-35H,1-6H3. The average Bonchev–Trinajstić information content (AvgIpc) is 3.96. The molecule has 0 bridgehead atoms. The van der Waals surface area contributed by atoms with Crippen molar-refractivity contribution in [3.8, 4) is 11.4 Å². The summed E-state index contributed by atoms with van der Waals surface area (Å²) in [5.41, 5.74) is 12.6. The van der Waals surface area contributed by atoms with E-state index in [-0.39, 0.29) is 10.8 Å². The van der Waals surface area contributed by atoms with Crippen LogP contribution in [0, 0.1) is 0 Å². The quantitative estimate of drug-likeness (QED) is 0.164. The van der Waals surface area contributed by atoms with Crippen molar-refractivity contribution >= 4 is 126 Å². The van der Waals surface area contributed by atoms with Crippen molar-refractivity contribution in [1.29, 1.82) is 0 Å². The first-order valence-corrected chi connectivity index (χ1v) is 24.0. The largest absolute Gasteiger partial charge is 0.309 e. The van der Waals surface area contributed by atoms with Crippen LogP contribution in [0.15, 0.2) is 176 Å². The minimum atomic E-state index is -0.0222.